The molecule has 2 aliphatic rings. The zero-order valence-electron chi connectivity index (χ0n) is 14.2. The highest BCUT2D eigenvalue weighted by Gasteiger charge is 2.43. The zero-order valence-corrected chi connectivity index (χ0v) is 14.2. The lowest BCUT2D eigenvalue weighted by molar-refractivity contribution is -0.147. The summed E-state index contributed by atoms with van der Waals surface area (Å²) >= 11 is 0. The SMILES string of the molecule is CC1(C(=O)O)CCN(C(=O)c2cnn(-c3ccccc3)c2C2CC2)C1. The number of hydrogen-bond acceptors (Lipinski definition) is 3. The van der Waals surface area contributed by atoms with Gasteiger partial charge in [0, 0.05) is 19.0 Å². The van der Waals surface area contributed by atoms with Gasteiger partial charge in [0.05, 0.1) is 28.6 Å². The second kappa shape index (κ2) is 5.72. The van der Waals surface area contributed by atoms with E-state index in [0.29, 0.717) is 24.4 Å². The minimum Gasteiger partial charge on any atom is -0.481 e. The number of aliphatic carboxylic acids is 1. The molecular formula is C19H21N3O3. The van der Waals surface area contributed by atoms with Gasteiger partial charge >= 0.3 is 5.97 Å². The molecule has 1 aliphatic heterocycles. The molecule has 1 aromatic heterocycles. The topological polar surface area (TPSA) is 75.4 Å². The Hall–Kier alpha value is -2.63. The second-order valence-electron chi connectivity index (χ2n) is 7.31. The number of benzene rings is 1. The summed E-state index contributed by atoms with van der Waals surface area (Å²) in [6, 6.07) is 9.81. The van der Waals surface area contributed by atoms with Crippen LogP contribution in [-0.2, 0) is 4.79 Å². The van der Waals surface area contributed by atoms with Crippen molar-refractivity contribution < 1.29 is 14.7 Å². The lowest BCUT2D eigenvalue weighted by Crippen LogP contribution is -2.35. The molecule has 1 aromatic carbocycles. The number of rotatable bonds is 4. The largest absolute Gasteiger partial charge is 0.481 e. The quantitative estimate of drug-likeness (QED) is 0.929. The van der Waals surface area contributed by atoms with Crippen LogP contribution in [-0.4, -0.2) is 44.8 Å². The fraction of sp³-hybridized carbons (Fsp3) is 0.421. The van der Waals surface area contributed by atoms with E-state index in [2.05, 4.69) is 5.10 Å². The Morgan fingerprint density at radius 3 is 2.56 bits per heavy atom. The third kappa shape index (κ3) is 2.71. The molecule has 1 aliphatic carbocycles. The average molecular weight is 339 g/mol. The van der Waals surface area contributed by atoms with E-state index < -0.39 is 11.4 Å². The highest BCUT2D eigenvalue weighted by Crippen LogP contribution is 2.43. The molecule has 0 spiro atoms. The molecule has 1 saturated carbocycles. The van der Waals surface area contributed by atoms with Gasteiger partial charge in [-0.05, 0) is 38.3 Å². The normalized spacial score (nSPS) is 23.0. The van der Waals surface area contributed by atoms with Crippen molar-refractivity contribution in [1.29, 1.82) is 0 Å². The van der Waals surface area contributed by atoms with Gasteiger partial charge in [0.25, 0.3) is 5.91 Å². The maximum atomic E-state index is 13.0. The van der Waals surface area contributed by atoms with E-state index in [9.17, 15) is 14.7 Å². The molecule has 1 atom stereocenters. The minimum absolute atomic E-state index is 0.103. The van der Waals surface area contributed by atoms with E-state index >= 15 is 0 Å². The predicted molar refractivity (Wildman–Crippen MR) is 91.8 cm³/mol. The Kier molecular flexibility index (Phi) is 3.63. The van der Waals surface area contributed by atoms with E-state index in [-0.39, 0.29) is 12.5 Å². The van der Waals surface area contributed by atoms with Crippen LogP contribution in [0.15, 0.2) is 36.5 Å². The number of aromatic nitrogens is 2. The Morgan fingerprint density at radius 2 is 1.96 bits per heavy atom. The van der Waals surface area contributed by atoms with E-state index in [1.165, 1.54) is 0 Å². The van der Waals surface area contributed by atoms with Gasteiger partial charge < -0.3 is 10.0 Å². The van der Waals surface area contributed by atoms with E-state index in [1.807, 2.05) is 35.0 Å². The Labute approximate surface area is 146 Å². The van der Waals surface area contributed by atoms with Crippen LogP contribution in [0.1, 0.15) is 48.2 Å². The third-order valence-electron chi connectivity index (χ3n) is 5.28. The van der Waals surface area contributed by atoms with Crippen molar-refractivity contribution in [2.75, 3.05) is 13.1 Å². The van der Waals surface area contributed by atoms with Crippen LogP contribution in [0, 0.1) is 5.41 Å². The van der Waals surface area contributed by atoms with Gasteiger partial charge in [0.15, 0.2) is 0 Å². The van der Waals surface area contributed by atoms with Crippen molar-refractivity contribution in [1.82, 2.24) is 14.7 Å². The van der Waals surface area contributed by atoms with Crippen LogP contribution in [0.4, 0.5) is 0 Å². The van der Waals surface area contributed by atoms with Crippen LogP contribution in [0.5, 0.6) is 0 Å². The highest BCUT2D eigenvalue weighted by atomic mass is 16.4. The second-order valence-corrected chi connectivity index (χ2v) is 7.31. The van der Waals surface area contributed by atoms with Crippen molar-refractivity contribution >= 4 is 11.9 Å². The zero-order chi connectivity index (χ0) is 17.6. The van der Waals surface area contributed by atoms with Gasteiger partial charge in [-0.3, -0.25) is 9.59 Å². The van der Waals surface area contributed by atoms with Crippen molar-refractivity contribution in [3.05, 3.63) is 47.8 Å². The summed E-state index contributed by atoms with van der Waals surface area (Å²) in [5.74, 6) is -0.589. The standard InChI is InChI=1S/C19H21N3O3/c1-19(18(24)25)9-10-21(12-19)17(23)15-11-20-22(16(15)13-7-8-13)14-5-3-2-4-6-14/h2-6,11,13H,7-10,12H2,1H3,(H,24,25). The molecule has 2 aromatic rings. The van der Waals surface area contributed by atoms with Crippen LogP contribution in [0.3, 0.4) is 0 Å². The minimum atomic E-state index is -0.856. The molecule has 0 bridgehead atoms. The number of carboxylic acids is 1. The van der Waals surface area contributed by atoms with Crippen LogP contribution < -0.4 is 0 Å². The first-order valence-corrected chi connectivity index (χ1v) is 8.65. The third-order valence-corrected chi connectivity index (χ3v) is 5.28. The Morgan fingerprint density at radius 1 is 1.24 bits per heavy atom. The molecule has 25 heavy (non-hydrogen) atoms. The number of amides is 1. The number of nitrogens with zero attached hydrogens (tertiary/aromatic N) is 3. The maximum absolute atomic E-state index is 13.0. The fourth-order valence-electron chi connectivity index (χ4n) is 3.53. The fourth-order valence-corrected chi connectivity index (χ4v) is 3.53. The molecule has 0 radical (unpaired) electrons. The van der Waals surface area contributed by atoms with Gasteiger partial charge in [-0.25, -0.2) is 4.68 Å². The smallest absolute Gasteiger partial charge is 0.311 e. The molecular weight excluding hydrogens is 318 g/mol. The monoisotopic (exact) mass is 339 g/mol. The molecule has 4 rings (SSSR count). The number of carboxylic acid groups (broad SMARTS) is 1. The van der Waals surface area contributed by atoms with Crippen LogP contribution >= 0.6 is 0 Å². The van der Waals surface area contributed by atoms with Crippen molar-refractivity contribution in [3.63, 3.8) is 0 Å². The molecule has 1 unspecified atom stereocenters. The lowest BCUT2D eigenvalue weighted by Gasteiger charge is -2.20. The number of hydrogen-bond donors (Lipinski definition) is 1. The summed E-state index contributed by atoms with van der Waals surface area (Å²) in [6.45, 7) is 2.43. The van der Waals surface area contributed by atoms with E-state index in [0.717, 1.165) is 24.2 Å². The predicted octanol–water partition coefficient (Wildman–Crippen LogP) is 2.69. The summed E-state index contributed by atoms with van der Waals surface area (Å²) in [5.41, 5.74) is 1.66. The molecule has 6 heteroatoms. The summed E-state index contributed by atoms with van der Waals surface area (Å²) in [4.78, 5) is 26.1. The van der Waals surface area contributed by atoms with Gasteiger partial charge in [0.2, 0.25) is 0 Å². The first-order valence-electron chi connectivity index (χ1n) is 8.65. The summed E-state index contributed by atoms with van der Waals surface area (Å²) in [6.07, 6.45) is 4.25. The first-order chi connectivity index (χ1) is 12.0. The molecule has 2 heterocycles. The first kappa shape index (κ1) is 15.9. The van der Waals surface area contributed by atoms with Gasteiger partial charge in [-0.2, -0.15) is 5.10 Å². The van der Waals surface area contributed by atoms with Crippen molar-refractivity contribution in [2.45, 2.75) is 32.1 Å². The number of carbonyl (C=O) groups excluding carboxylic acids is 1. The summed E-state index contributed by atoms with van der Waals surface area (Å²) in [7, 11) is 0. The number of para-hydroxylation sites is 1. The molecule has 130 valence electrons. The van der Waals surface area contributed by atoms with E-state index in [4.69, 9.17) is 0 Å². The number of likely N-dealkylation sites (tertiary alicyclic amines) is 1. The Bertz CT molecular complexity index is 826. The summed E-state index contributed by atoms with van der Waals surface area (Å²) < 4.78 is 1.86. The molecule has 2 fully saturated rings. The maximum Gasteiger partial charge on any atom is 0.311 e. The lowest BCUT2D eigenvalue weighted by atomic mass is 9.90. The molecule has 1 amide bonds. The van der Waals surface area contributed by atoms with Crippen LogP contribution in [0.25, 0.3) is 5.69 Å². The summed E-state index contributed by atoms with van der Waals surface area (Å²) in [5, 5.41) is 13.9. The van der Waals surface area contributed by atoms with Gasteiger partial charge in [0.1, 0.15) is 0 Å². The van der Waals surface area contributed by atoms with Crippen molar-refractivity contribution in [2.24, 2.45) is 5.41 Å². The molecule has 6 nitrogen and oxygen atoms in total. The van der Waals surface area contributed by atoms with Gasteiger partial charge in [-0.1, -0.05) is 18.2 Å². The number of carbonyl (C=O) groups is 2. The molecule has 1 N–H and O–H groups in total. The van der Waals surface area contributed by atoms with Crippen LogP contribution in [0.2, 0.25) is 0 Å². The highest BCUT2D eigenvalue weighted by molar-refractivity contribution is 5.96. The molecule has 1 saturated heterocycles. The van der Waals surface area contributed by atoms with E-state index in [1.54, 1.807) is 18.0 Å². The average Bonchev–Trinajstić information content (AvgIpc) is 3.22. The Balaban J connectivity index is 1.66. The van der Waals surface area contributed by atoms with Crippen molar-refractivity contribution in [3.8, 4) is 5.69 Å². The van der Waals surface area contributed by atoms with Gasteiger partial charge in [-0.15, -0.1) is 0 Å².